The molecule has 0 saturated carbocycles. The van der Waals surface area contributed by atoms with Crippen molar-refractivity contribution in [3.05, 3.63) is 33.8 Å². The Labute approximate surface area is 123 Å². The highest BCUT2D eigenvalue weighted by atomic mass is 16.7. The quantitative estimate of drug-likeness (QED) is 0.520. The van der Waals surface area contributed by atoms with E-state index in [2.05, 4.69) is 4.98 Å². The molecule has 0 amide bonds. The standard InChI is InChI=1S/C13H18BN3O4/c1-12(2)13(3,4)21-14(20-12)8-7-9-5-6-10(15)16-11(9)17(18)19/h5-8H,1-4H3,(H2,15,16)/b8-7+. The zero-order valence-corrected chi connectivity index (χ0v) is 12.5. The highest BCUT2D eigenvalue weighted by molar-refractivity contribution is 6.52. The number of nitro groups is 1. The summed E-state index contributed by atoms with van der Waals surface area (Å²) >= 11 is 0. The van der Waals surface area contributed by atoms with E-state index in [4.69, 9.17) is 15.0 Å². The number of rotatable bonds is 3. The number of nitrogen functional groups attached to an aromatic ring is 1. The molecule has 7 nitrogen and oxygen atoms in total. The molecule has 0 aromatic carbocycles. The summed E-state index contributed by atoms with van der Waals surface area (Å²) in [6.45, 7) is 7.75. The van der Waals surface area contributed by atoms with Gasteiger partial charge in [-0.1, -0.05) is 12.1 Å². The van der Waals surface area contributed by atoms with Gasteiger partial charge in [0.25, 0.3) is 0 Å². The Morgan fingerprint density at radius 1 is 1.29 bits per heavy atom. The molecule has 2 N–H and O–H groups in total. The number of nitrogens with zero attached hydrogens (tertiary/aromatic N) is 2. The fraction of sp³-hybridized carbons (Fsp3) is 0.462. The summed E-state index contributed by atoms with van der Waals surface area (Å²) in [6.07, 6.45) is 1.56. The van der Waals surface area contributed by atoms with E-state index in [-0.39, 0.29) is 11.6 Å². The lowest BCUT2D eigenvalue weighted by molar-refractivity contribution is -0.389. The zero-order chi connectivity index (χ0) is 15.8. The van der Waals surface area contributed by atoms with Gasteiger partial charge >= 0.3 is 12.9 Å². The second-order valence-corrected chi connectivity index (χ2v) is 5.89. The smallest absolute Gasteiger partial charge is 0.400 e. The van der Waals surface area contributed by atoms with Gasteiger partial charge in [0.2, 0.25) is 5.82 Å². The van der Waals surface area contributed by atoms with Crippen molar-refractivity contribution in [2.24, 2.45) is 0 Å². The fourth-order valence-corrected chi connectivity index (χ4v) is 1.90. The van der Waals surface area contributed by atoms with Crippen LogP contribution in [0.25, 0.3) is 6.08 Å². The summed E-state index contributed by atoms with van der Waals surface area (Å²) in [6, 6.07) is 3.05. The van der Waals surface area contributed by atoms with Crippen molar-refractivity contribution in [3.63, 3.8) is 0 Å². The average molecular weight is 291 g/mol. The molecule has 8 heteroatoms. The Hall–Kier alpha value is -1.93. The molecule has 1 fully saturated rings. The van der Waals surface area contributed by atoms with Gasteiger partial charge in [0, 0.05) is 6.07 Å². The van der Waals surface area contributed by atoms with Gasteiger partial charge in [-0.05, 0) is 43.7 Å². The molecule has 1 aromatic heterocycles. The molecule has 1 aromatic rings. The maximum atomic E-state index is 11.0. The van der Waals surface area contributed by atoms with Gasteiger partial charge in [-0.2, -0.15) is 0 Å². The number of nitrogens with two attached hydrogens (primary N) is 1. The highest BCUT2D eigenvalue weighted by Gasteiger charge is 2.50. The normalized spacial score (nSPS) is 20.1. The van der Waals surface area contributed by atoms with Crippen molar-refractivity contribution in [3.8, 4) is 0 Å². The molecule has 0 unspecified atom stereocenters. The van der Waals surface area contributed by atoms with E-state index < -0.39 is 23.2 Å². The zero-order valence-electron chi connectivity index (χ0n) is 12.5. The Bertz CT molecular complexity index is 585. The lowest BCUT2D eigenvalue weighted by Crippen LogP contribution is -2.41. The Balaban J connectivity index is 2.22. The lowest BCUT2D eigenvalue weighted by Gasteiger charge is -2.32. The number of anilines is 1. The van der Waals surface area contributed by atoms with Gasteiger partial charge in [0.1, 0.15) is 0 Å². The summed E-state index contributed by atoms with van der Waals surface area (Å²) < 4.78 is 11.6. The second-order valence-electron chi connectivity index (χ2n) is 5.89. The van der Waals surface area contributed by atoms with E-state index in [1.54, 1.807) is 18.1 Å². The van der Waals surface area contributed by atoms with Crippen molar-refractivity contribution >= 4 is 24.8 Å². The Morgan fingerprint density at radius 3 is 2.38 bits per heavy atom. The van der Waals surface area contributed by atoms with Crippen LogP contribution < -0.4 is 5.73 Å². The molecule has 0 aliphatic carbocycles. The SMILES string of the molecule is CC1(C)OB(/C=C/c2ccc(N)nc2[N+](=O)[O-])OC1(C)C. The third-order valence-corrected chi connectivity index (χ3v) is 3.80. The van der Waals surface area contributed by atoms with Gasteiger partial charge in [-0.25, -0.2) is 0 Å². The molecule has 0 radical (unpaired) electrons. The van der Waals surface area contributed by atoms with Crippen molar-refractivity contribution in [2.75, 3.05) is 5.73 Å². The van der Waals surface area contributed by atoms with E-state index in [1.807, 2.05) is 27.7 Å². The summed E-state index contributed by atoms with van der Waals surface area (Å²) in [5.41, 5.74) is 4.91. The third-order valence-electron chi connectivity index (χ3n) is 3.80. The van der Waals surface area contributed by atoms with Crippen molar-refractivity contribution in [2.45, 2.75) is 38.9 Å². The second kappa shape index (κ2) is 5.12. The highest BCUT2D eigenvalue weighted by Crippen LogP contribution is 2.37. The molecule has 2 rings (SSSR count). The van der Waals surface area contributed by atoms with Crippen LogP contribution in [0.4, 0.5) is 11.6 Å². The Morgan fingerprint density at radius 2 is 1.86 bits per heavy atom. The first-order valence-electron chi connectivity index (χ1n) is 6.57. The van der Waals surface area contributed by atoms with E-state index in [1.165, 1.54) is 6.07 Å². The monoisotopic (exact) mass is 291 g/mol. The summed E-state index contributed by atoms with van der Waals surface area (Å²) in [7, 11) is -0.563. The van der Waals surface area contributed by atoms with Crippen LogP contribution >= 0.6 is 0 Å². The van der Waals surface area contributed by atoms with Crippen LogP contribution in [0.2, 0.25) is 0 Å². The van der Waals surface area contributed by atoms with Crippen molar-refractivity contribution in [1.29, 1.82) is 0 Å². The molecular weight excluding hydrogens is 273 g/mol. The first-order valence-corrected chi connectivity index (χ1v) is 6.57. The van der Waals surface area contributed by atoms with Crippen LogP contribution in [-0.2, 0) is 9.31 Å². The van der Waals surface area contributed by atoms with Gasteiger partial charge in [0.05, 0.1) is 16.8 Å². The molecule has 0 bridgehead atoms. The topological polar surface area (TPSA) is 101 Å². The van der Waals surface area contributed by atoms with Crippen molar-refractivity contribution in [1.82, 2.24) is 4.98 Å². The summed E-state index contributed by atoms with van der Waals surface area (Å²) in [5, 5.41) is 11.0. The maximum absolute atomic E-state index is 11.0. The predicted molar refractivity (Wildman–Crippen MR) is 80.4 cm³/mol. The molecular formula is C13H18BN3O4. The number of pyridine rings is 1. The van der Waals surface area contributed by atoms with Gasteiger partial charge in [-0.3, -0.25) is 0 Å². The minimum atomic E-state index is -0.569. The summed E-state index contributed by atoms with van der Waals surface area (Å²) in [5.74, 6) is 1.45. The summed E-state index contributed by atoms with van der Waals surface area (Å²) in [4.78, 5) is 14.1. The number of hydrogen-bond acceptors (Lipinski definition) is 6. The lowest BCUT2D eigenvalue weighted by atomic mass is 9.89. The molecule has 0 atom stereocenters. The fourth-order valence-electron chi connectivity index (χ4n) is 1.90. The van der Waals surface area contributed by atoms with Crippen LogP contribution in [0.15, 0.2) is 18.1 Å². The minimum Gasteiger partial charge on any atom is -0.400 e. The van der Waals surface area contributed by atoms with Gasteiger partial charge in [0.15, 0.2) is 0 Å². The van der Waals surface area contributed by atoms with Crippen LogP contribution in [0.5, 0.6) is 0 Å². The molecule has 112 valence electrons. The maximum Gasteiger partial charge on any atom is 0.487 e. The Kier molecular flexibility index (Phi) is 3.77. The molecule has 1 aliphatic heterocycles. The van der Waals surface area contributed by atoms with Crippen molar-refractivity contribution < 1.29 is 14.2 Å². The van der Waals surface area contributed by atoms with Gasteiger partial charge in [-0.15, -0.1) is 0 Å². The first-order chi connectivity index (χ1) is 9.62. The number of hydrogen-bond donors (Lipinski definition) is 1. The van der Waals surface area contributed by atoms with Gasteiger partial charge < -0.3 is 25.2 Å². The average Bonchev–Trinajstić information content (AvgIpc) is 2.56. The van der Waals surface area contributed by atoms with E-state index in [0.717, 1.165) is 0 Å². The predicted octanol–water partition coefficient (Wildman–Crippen LogP) is 2.22. The van der Waals surface area contributed by atoms with E-state index >= 15 is 0 Å². The minimum absolute atomic E-state index is 0.106. The van der Waals surface area contributed by atoms with E-state index in [9.17, 15) is 10.1 Å². The van der Waals surface area contributed by atoms with Crippen LogP contribution in [0.1, 0.15) is 33.3 Å². The molecule has 2 heterocycles. The molecule has 1 saturated heterocycles. The molecule has 1 aliphatic rings. The van der Waals surface area contributed by atoms with Crippen LogP contribution in [-0.4, -0.2) is 28.2 Å². The largest absolute Gasteiger partial charge is 0.487 e. The first kappa shape index (κ1) is 15.5. The number of aromatic nitrogens is 1. The third kappa shape index (κ3) is 3.06. The van der Waals surface area contributed by atoms with E-state index in [0.29, 0.717) is 5.56 Å². The van der Waals surface area contributed by atoms with Crippen LogP contribution in [0, 0.1) is 10.1 Å². The molecule has 21 heavy (non-hydrogen) atoms. The molecule has 0 spiro atoms. The van der Waals surface area contributed by atoms with Crippen LogP contribution in [0.3, 0.4) is 0 Å².